The molecule has 0 aliphatic heterocycles. The molecule has 0 spiro atoms. The van der Waals surface area contributed by atoms with Crippen molar-refractivity contribution in [1.82, 2.24) is 5.32 Å². The number of nitrogens with two attached hydrogens (primary N) is 1. The van der Waals surface area contributed by atoms with E-state index in [2.05, 4.69) is 10.5 Å². The zero-order valence-corrected chi connectivity index (χ0v) is 9.94. The van der Waals surface area contributed by atoms with Gasteiger partial charge in [0.2, 0.25) is 0 Å². The normalized spacial score (nSPS) is 12.3. The molecule has 0 saturated heterocycles. The van der Waals surface area contributed by atoms with Crippen molar-refractivity contribution >= 4 is 11.7 Å². The number of halogens is 1. The Morgan fingerprint density at radius 1 is 1.50 bits per heavy atom. The lowest BCUT2D eigenvalue weighted by molar-refractivity contribution is 0.0927. The summed E-state index contributed by atoms with van der Waals surface area (Å²) in [4.78, 5) is 11.8. The summed E-state index contributed by atoms with van der Waals surface area (Å²) < 4.78 is 13.0. The van der Waals surface area contributed by atoms with Crippen molar-refractivity contribution in [3.63, 3.8) is 0 Å². The average molecular weight is 255 g/mol. The minimum Gasteiger partial charge on any atom is -0.507 e. The number of phenols is 1. The second kappa shape index (κ2) is 4.91. The number of hydrogen-bond acceptors (Lipinski definition) is 4. The molecular formula is C11H14FN3O3. The van der Waals surface area contributed by atoms with Gasteiger partial charge in [-0.3, -0.25) is 4.79 Å². The molecule has 0 atom stereocenters. The number of carbonyl (C=O) groups is 1. The van der Waals surface area contributed by atoms with Crippen LogP contribution in [0.1, 0.15) is 24.2 Å². The predicted molar refractivity (Wildman–Crippen MR) is 63.0 cm³/mol. The number of aromatic hydroxyl groups is 1. The molecule has 0 radical (unpaired) electrons. The van der Waals surface area contributed by atoms with Crippen LogP contribution in [-0.2, 0) is 0 Å². The Labute approximate surface area is 103 Å². The highest BCUT2D eigenvalue weighted by Gasteiger charge is 2.27. The molecule has 0 heterocycles. The Balaban J connectivity index is 2.99. The Hall–Kier alpha value is -2.31. The first-order chi connectivity index (χ1) is 8.27. The Bertz CT molecular complexity index is 500. The van der Waals surface area contributed by atoms with Crippen LogP contribution in [-0.4, -0.2) is 27.6 Å². The number of rotatable bonds is 3. The summed E-state index contributed by atoms with van der Waals surface area (Å²) in [5.74, 6) is -1.96. The van der Waals surface area contributed by atoms with Gasteiger partial charge in [-0.15, -0.1) is 0 Å². The number of carbonyl (C=O) groups excluding carboxylic acids is 1. The number of oxime groups is 1. The van der Waals surface area contributed by atoms with E-state index in [0.717, 1.165) is 18.2 Å². The molecule has 98 valence electrons. The third kappa shape index (κ3) is 2.88. The molecule has 18 heavy (non-hydrogen) atoms. The maximum absolute atomic E-state index is 13.0. The van der Waals surface area contributed by atoms with Crippen LogP contribution in [0.5, 0.6) is 5.75 Å². The van der Waals surface area contributed by atoms with Gasteiger partial charge < -0.3 is 21.4 Å². The molecule has 7 heteroatoms. The van der Waals surface area contributed by atoms with Crippen LogP contribution in [0.15, 0.2) is 23.4 Å². The van der Waals surface area contributed by atoms with Crippen LogP contribution in [0.25, 0.3) is 0 Å². The van der Waals surface area contributed by atoms with Gasteiger partial charge in [0.25, 0.3) is 5.91 Å². The smallest absolute Gasteiger partial charge is 0.255 e. The zero-order chi connectivity index (χ0) is 13.9. The molecule has 0 fully saturated rings. The zero-order valence-electron chi connectivity index (χ0n) is 9.94. The summed E-state index contributed by atoms with van der Waals surface area (Å²) in [6.45, 7) is 2.99. The van der Waals surface area contributed by atoms with Gasteiger partial charge in [-0.25, -0.2) is 4.39 Å². The van der Waals surface area contributed by atoms with Gasteiger partial charge >= 0.3 is 0 Å². The lowest BCUT2D eigenvalue weighted by Crippen LogP contribution is -2.53. The Morgan fingerprint density at radius 3 is 2.67 bits per heavy atom. The molecule has 6 nitrogen and oxygen atoms in total. The van der Waals surface area contributed by atoms with Crippen LogP contribution in [0, 0.1) is 5.82 Å². The minimum absolute atomic E-state index is 0.216. The highest BCUT2D eigenvalue weighted by molar-refractivity contribution is 6.01. The van der Waals surface area contributed by atoms with E-state index in [0.29, 0.717) is 0 Å². The maximum atomic E-state index is 13.0. The van der Waals surface area contributed by atoms with Crippen LogP contribution < -0.4 is 11.1 Å². The molecule has 0 saturated carbocycles. The lowest BCUT2D eigenvalue weighted by Gasteiger charge is -2.24. The fourth-order valence-corrected chi connectivity index (χ4v) is 1.23. The number of nitrogens with zero attached hydrogens (tertiary/aromatic N) is 1. The van der Waals surface area contributed by atoms with Crippen molar-refractivity contribution in [3.05, 3.63) is 29.6 Å². The number of amides is 1. The second-order valence-electron chi connectivity index (χ2n) is 4.23. The monoisotopic (exact) mass is 255 g/mol. The molecule has 0 aliphatic carbocycles. The second-order valence-corrected chi connectivity index (χ2v) is 4.23. The predicted octanol–water partition coefficient (Wildman–Crippen LogP) is 0.786. The fourth-order valence-electron chi connectivity index (χ4n) is 1.23. The molecule has 0 unspecified atom stereocenters. The van der Waals surface area contributed by atoms with E-state index >= 15 is 0 Å². The molecule has 0 aromatic heterocycles. The van der Waals surface area contributed by atoms with E-state index in [1.807, 2.05) is 0 Å². The van der Waals surface area contributed by atoms with E-state index in [-0.39, 0.29) is 17.1 Å². The maximum Gasteiger partial charge on any atom is 0.255 e. The Kier molecular flexibility index (Phi) is 3.75. The van der Waals surface area contributed by atoms with E-state index in [1.165, 1.54) is 13.8 Å². The topological polar surface area (TPSA) is 108 Å². The van der Waals surface area contributed by atoms with Crippen LogP contribution in [0.2, 0.25) is 0 Å². The fraction of sp³-hybridized carbons (Fsp3) is 0.273. The van der Waals surface area contributed by atoms with Gasteiger partial charge in [0.05, 0.1) is 11.1 Å². The van der Waals surface area contributed by atoms with Crippen molar-refractivity contribution in [3.8, 4) is 5.75 Å². The highest BCUT2D eigenvalue weighted by atomic mass is 19.1. The average Bonchev–Trinajstić information content (AvgIpc) is 2.30. The van der Waals surface area contributed by atoms with Crippen LogP contribution in [0.3, 0.4) is 0 Å². The van der Waals surface area contributed by atoms with Gasteiger partial charge in [0, 0.05) is 0 Å². The number of nitrogens with one attached hydrogen (secondary N) is 1. The van der Waals surface area contributed by atoms with E-state index in [9.17, 15) is 14.3 Å². The number of amidine groups is 1. The van der Waals surface area contributed by atoms with Crippen molar-refractivity contribution < 1.29 is 19.5 Å². The number of benzene rings is 1. The molecule has 1 aromatic carbocycles. The van der Waals surface area contributed by atoms with Crippen molar-refractivity contribution in [1.29, 1.82) is 0 Å². The van der Waals surface area contributed by atoms with E-state index in [4.69, 9.17) is 10.9 Å². The van der Waals surface area contributed by atoms with Crippen molar-refractivity contribution in [2.24, 2.45) is 10.9 Å². The van der Waals surface area contributed by atoms with Gasteiger partial charge in [0.15, 0.2) is 5.84 Å². The molecule has 1 aromatic rings. The van der Waals surface area contributed by atoms with Gasteiger partial charge in [-0.1, -0.05) is 5.16 Å². The first-order valence-corrected chi connectivity index (χ1v) is 5.07. The first kappa shape index (κ1) is 13.8. The minimum atomic E-state index is -1.13. The lowest BCUT2D eigenvalue weighted by atomic mass is 10.0. The van der Waals surface area contributed by atoms with E-state index in [1.54, 1.807) is 0 Å². The number of hydrogen-bond donors (Lipinski definition) is 4. The third-order valence-corrected chi connectivity index (χ3v) is 2.38. The highest BCUT2D eigenvalue weighted by Crippen LogP contribution is 2.18. The molecule has 1 rings (SSSR count). The first-order valence-electron chi connectivity index (χ1n) is 5.07. The largest absolute Gasteiger partial charge is 0.507 e. The molecule has 0 aliphatic rings. The number of phenolic OH excluding ortho intramolecular Hbond substituents is 1. The van der Waals surface area contributed by atoms with Gasteiger partial charge in [-0.05, 0) is 32.0 Å². The molecule has 5 N–H and O–H groups in total. The van der Waals surface area contributed by atoms with Crippen LogP contribution >= 0.6 is 0 Å². The summed E-state index contributed by atoms with van der Waals surface area (Å²) in [5, 5.41) is 23.2. The Morgan fingerprint density at radius 2 is 2.11 bits per heavy atom. The summed E-state index contributed by atoms with van der Waals surface area (Å²) in [6, 6.07) is 2.99. The van der Waals surface area contributed by atoms with Crippen LogP contribution in [0.4, 0.5) is 4.39 Å². The summed E-state index contributed by atoms with van der Waals surface area (Å²) in [7, 11) is 0. The molecule has 1 amide bonds. The molecule has 0 bridgehead atoms. The SMILES string of the molecule is CC(C)(NC(=O)c1cc(F)ccc1O)/C(N)=N/O. The standard InChI is InChI=1S/C11H14FN3O3/c1-11(2,10(13)15-18)14-9(17)7-5-6(12)3-4-8(7)16/h3-5,16,18H,1-2H3,(H2,13,15)(H,14,17). The summed E-state index contributed by atoms with van der Waals surface area (Å²) in [5.41, 5.74) is 4.03. The summed E-state index contributed by atoms with van der Waals surface area (Å²) in [6.07, 6.45) is 0. The van der Waals surface area contributed by atoms with Crippen molar-refractivity contribution in [2.75, 3.05) is 0 Å². The van der Waals surface area contributed by atoms with Gasteiger partial charge in [-0.2, -0.15) is 0 Å². The van der Waals surface area contributed by atoms with E-state index < -0.39 is 17.3 Å². The summed E-state index contributed by atoms with van der Waals surface area (Å²) >= 11 is 0. The van der Waals surface area contributed by atoms with Crippen molar-refractivity contribution in [2.45, 2.75) is 19.4 Å². The molecular weight excluding hydrogens is 241 g/mol. The third-order valence-electron chi connectivity index (χ3n) is 2.38. The van der Waals surface area contributed by atoms with Gasteiger partial charge in [0.1, 0.15) is 11.6 Å². The quantitative estimate of drug-likeness (QED) is 0.277.